The number of nitrogens with zero attached hydrogens (tertiary/aromatic N) is 1. The van der Waals surface area contributed by atoms with Crippen LogP contribution in [0.3, 0.4) is 0 Å². The van der Waals surface area contributed by atoms with Gasteiger partial charge in [-0.1, -0.05) is 36.4 Å². The molecule has 0 aromatic heterocycles. The molecule has 0 heterocycles. The Bertz CT molecular complexity index is 451. The van der Waals surface area contributed by atoms with Crippen molar-refractivity contribution in [2.75, 3.05) is 5.48 Å². The van der Waals surface area contributed by atoms with Crippen molar-refractivity contribution >= 4 is 16.5 Å². The van der Waals surface area contributed by atoms with Gasteiger partial charge >= 0.3 is 0 Å². The largest absolute Gasteiger partial charge is 0.232 e. The number of rotatable bonds is 3. The maximum absolute atomic E-state index is 9.78. The van der Waals surface area contributed by atoms with Gasteiger partial charge in [0.25, 0.3) is 0 Å². The summed E-state index contributed by atoms with van der Waals surface area (Å²) in [5, 5.41) is 4.34. The molecule has 0 unspecified atom stereocenters. The lowest BCUT2D eigenvalue weighted by atomic mass is 10.1. The van der Waals surface area contributed by atoms with E-state index in [1.807, 2.05) is 42.5 Å². The Morgan fingerprint density at radius 3 is 2.71 bits per heavy atom. The zero-order valence-corrected chi connectivity index (χ0v) is 7.31. The van der Waals surface area contributed by atoms with E-state index in [0.717, 1.165) is 16.5 Å². The van der Waals surface area contributed by atoms with Crippen LogP contribution in [0.5, 0.6) is 0 Å². The van der Waals surface area contributed by atoms with Crippen LogP contribution in [-0.4, -0.2) is 0 Å². The normalized spacial score (nSPS) is 9.71. The molecule has 0 atom stereocenters. The Balaban J connectivity index is 2.48. The predicted octanol–water partition coefficient (Wildman–Crippen LogP) is 2.86. The highest BCUT2D eigenvalue weighted by atomic mass is 16.8. The summed E-state index contributed by atoms with van der Waals surface area (Å²) in [6, 6.07) is 13.5. The van der Waals surface area contributed by atoms with Crippen molar-refractivity contribution in [3.63, 3.8) is 0 Å². The van der Waals surface area contributed by atoms with E-state index in [0.29, 0.717) is 0 Å². The summed E-state index contributed by atoms with van der Waals surface area (Å²) in [5.41, 5.74) is 3.18. The third-order valence-electron chi connectivity index (χ3n) is 1.98. The Labute approximate surface area is 80.4 Å². The summed E-state index contributed by atoms with van der Waals surface area (Å²) in [7, 11) is 0. The molecule has 0 amide bonds. The first-order chi connectivity index (χ1) is 6.92. The highest BCUT2D eigenvalue weighted by Crippen LogP contribution is 2.22. The zero-order valence-electron chi connectivity index (χ0n) is 7.31. The molecule has 2 rings (SSSR count). The topological polar surface area (TPSA) is 50.7 Å². The summed E-state index contributed by atoms with van der Waals surface area (Å²) >= 11 is 0. The molecule has 1 N–H and O–H groups in total. The van der Waals surface area contributed by atoms with E-state index in [-0.39, 0.29) is 0 Å². The lowest BCUT2D eigenvalue weighted by Gasteiger charge is -2.04. The number of anilines is 1. The molecule has 2 aromatic carbocycles. The van der Waals surface area contributed by atoms with Gasteiger partial charge in [-0.2, -0.15) is 5.48 Å². The van der Waals surface area contributed by atoms with E-state index in [2.05, 4.69) is 15.8 Å². The van der Waals surface area contributed by atoms with Gasteiger partial charge in [0.1, 0.15) is 0 Å². The molecule has 14 heavy (non-hydrogen) atoms. The summed E-state index contributed by atoms with van der Waals surface area (Å²) in [4.78, 5) is 14.0. The van der Waals surface area contributed by atoms with Gasteiger partial charge in [0, 0.05) is 5.39 Å². The van der Waals surface area contributed by atoms with Crippen molar-refractivity contribution in [2.45, 2.75) is 0 Å². The Hall–Kier alpha value is -2.10. The smallest absolute Gasteiger partial charge is 0.182 e. The van der Waals surface area contributed by atoms with Crippen molar-refractivity contribution in [2.24, 2.45) is 5.34 Å². The molecule has 0 saturated heterocycles. The van der Waals surface area contributed by atoms with Gasteiger partial charge in [-0.05, 0) is 11.5 Å². The summed E-state index contributed by atoms with van der Waals surface area (Å²) in [5.74, 6) is 0. The number of fused-ring (bicyclic) bond motifs is 1. The van der Waals surface area contributed by atoms with Gasteiger partial charge in [-0.25, -0.2) is 4.94 Å². The fourth-order valence-electron chi connectivity index (χ4n) is 1.38. The molecule has 0 saturated carbocycles. The number of nitrogens with one attached hydrogen (secondary N) is 1. The maximum Gasteiger partial charge on any atom is 0.182 e. The first-order valence-electron chi connectivity index (χ1n) is 4.14. The second-order valence-corrected chi connectivity index (χ2v) is 2.79. The van der Waals surface area contributed by atoms with Crippen LogP contribution >= 0.6 is 0 Å². The van der Waals surface area contributed by atoms with Crippen LogP contribution in [0.1, 0.15) is 0 Å². The fraction of sp³-hybridized carbons (Fsp3) is 0. The third-order valence-corrected chi connectivity index (χ3v) is 1.98. The maximum atomic E-state index is 9.78. The van der Waals surface area contributed by atoms with Gasteiger partial charge in [0.05, 0.1) is 5.69 Å². The molecule has 0 fully saturated rings. The second-order valence-electron chi connectivity index (χ2n) is 2.79. The van der Waals surface area contributed by atoms with E-state index in [1.54, 1.807) is 0 Å². The van der Waals surface area contributed by atoms with Gasteiger partial charge in [0.2, 0.25) is 0 Å². The van der Waals surface area contributed by atoms with Crippen molar-refractivity contribution in [3.05, 3.63) is 47.4 Å². The van der Waals surface area contributed by atoms with Gasteiger partial charge in [-0.15, -0.1) is 4.91 Å². The quantitative estimate of drug-likeness (QED) is 0.595. The highest BCUT2D eigenvalue weighted by Gasteiger charge is 1.98. The minimum atomic E-state index is 0.725. The number of hydrogen-bond acceptors (Lipinski definition) is 4. The molecular formula is C10H8N2O2. The molecule has 0 spiro atoms. The van der Waals surface area contributed by atoms with E-state index in [4.69, 9.17) is 0 Å². The molecule has 70 valence electrons. The standard InChI is InChI=1S/C10H8N2O2/c13-12-14-11-10-7-3-5-8-4-1-2-6-9(8)10/h1-7,11H. The Morgan fingerprint density at radius 2 is 1.86 bits per heavy atom. The summed E-state index contributed by atoms with van der Waals surface area (Å²) in [6.45, 7) is 0. The lowest BCUT2D eigenvalue weighted by molar-refractivity contribution is 0.203. The molecule has 2 aromatic rings. The van der Waals surface area contributed by atoms with Gasteiger partial charge in [-0.3, -0.25) is 0 Å². The molecule has 0 aliphatic rings. The second kappa shape index (κ2) is 3.74. The van der Waals surface area contributed by atoms with Gasteiger partial charge in [0.15, 0.2) is 5.34 Å². The van der Waals surface area contributed by atoms with Crippen LogP contribution in [-0.2, 0) is 4.94 Å². The van der Waals surface area contributed by atoms with Crippen LogP contribution in [0.15, 0.2) is 47.8 Å². The van der Waals surface area contributed by atoms with E-state index < -0.39 is 0 Å². The monoisotopic (exact) mass is 188 g/mol. The van der Waals surface area contributed by atoms with Crippen LogP contribution in [0.4, 0.5) is 5.69 Å². The molecule has 0 radical (unpaired) electrons. The minimum absolute atomic E-state index is 0.725. The summed E-state index contributed by atoms with van der Waals surface area (Å²) < 4.78 is 0. The van der Waals surface area contributed by atoms with Crippen molar-refractivity contribution in [1.29, 1.82) is 0 Å². The average molecular weight is 188 g/mol. The SMILES string of the molecule is O=NONc1cccc2ccccc12. The van der Waals surface area contributed by atoms with Crippen LogP contribution < -0.4 is 5.48 Å². The van der Waals surface area contributed by atoms with E-state index >= 15 is 0 Å². The highest BCUT2D eigenvalue weighted by molar-refractivity contribution is 5.93. The molecular weight excluding hydrogens is 180 g/mol. The van der Waals surface area contributed by atoms with Crippen LogP contribution in [0.25, 0.3) is 10.8 Å². The van der Waals surface area contributed by atoms with Crippen molar-refractivity contribution in [3.8, 4) is 0 Å². The number of hydrogen-bond donors (Lipinski definition) is 1. The molecule has 0 bridgehead atoms. The fourth-order valence-corrected chi connectivity index (χ4v) is 1.38. The Morgan fingerprint density at radius 1 is 1.07 bits per heavy atom. The first-order valence-corrected chi connectivity index (χ1v) is 4.14. The molecule has 0 aliphatic heterocycles. The van der Waals surface area contributed by atoms with E-state index in [1.165, 1.54) is 0 Å². The number of benzene rings is 2. The average Bonchev–Trinajstić information content (AvgIpc) is 2.26. The first kappa shape index (κ1) is 8.50. The third kappa shape index (κ3) is 1.50. The van der Waals surface area contributed by atoms with Crippen LogP contribution in [0, 0.1) is 4.91 Å². The minimum Gasteiger partial charge on any atom is -0.232 e. The van der Waals surface area contributed by atoms with Gasteiger partial charge < -0.3 is 0 Å². The van der Waals surface area contributed by atoms with Crippen LogP contribution in [0.2, 0.25) is 0 Å². The predicted molar refractivity (Wildman–Crippen MR) is 54.5 cm³/mol. The van der Waals surface area contributed by atoms with Crippen molar-refractivity contribution in [1.82, 2.24) is 0 Å². The molecule has 4 heteroatoms. The molecule has 4 nitrogen and oxygen atoms in total. The lowest BCUT2D eigenvalue weighted by Crippen LogP contribution is -1.94. The zero-order chi connectivity index (χ0) is 9.80. The van der Waals surface area contributed by atoms with Crippen molar-refractivity contribution < 1.29 is 4.94 Å². The summed E-state index contributed by atoms with van der Waals surface area (Å²) in [6.07, 6.45) is 0. The van der Waals surface area contributed by atoms with E-state index in [9.17, 15) is 4.91 Å². The molecule has 0 aliphatic carbocycles. The Kier molecular flexibility index (Phi) is 2.27.